The lowest BCUT2D eigenvalue weighted by Gasteiger charge is -2.14. The van der Waals surface area contributed by atoms with E-state index < -0.39 is 0 Å². The summed E-state index contributed by atoms with van der Waals surface area (Å²) >= 11 is 13.6. The second kappa shape index (κ2) is 8.67. The molecule has 150 valence electrons. The van der Waals surface area contributed by atoms with Gasteiger partial charge in [-0.3, -0.25) is 10.1 Å². The van der Waals surface area contributed by atoms with Crippen molar-refractivity contribution in [2.45, 2.75) is 25.5 Å². The maximum Gasteiger partial charge on any atom is 0.270 e. The number of benzene rings is 2. The number of nitro groups is 1. The van der Waals surface area contributed by atoms with Gasteiger partial charge in [0.25, 0.3) is 5.69 Å². The highest BCUT2D eigenvalue weighted by Crippen LogP contribution is 2.28. The van der Waals surface area contributed by atoms with Gasteiger partial charge in [0.05, 0.1) is 39.0 Å². The molecule has 1 saturated heterocycles. The minimum absolute atomic E-state index is 0.0559. The number of hydrogen-bond donors (Lipinski definition) is 0. The Morgan fingerprint density at radius 2 is 2.10 bits per heavy atom. The lowest BCUT2D eigenvalue weighted by molar-refractivity contribution is -0.384. The van der Waals surface area contributed by atoms with Crippen molar-refractivity contribution in [3.63, 3.8) is 0 Å². The van der Waals surface area contributed by atoms with Gasteiger partial charge in [0.1, 0.15) is 0 Å². The molecule has 0 aliphatic carbocycles. The maximum absolute atomic E-state index is 11.2. The first-order chi connectivity index (χ1) is 14.0. The van der Waals surface area contributed by atoms with E-state index in [0.717, 1.165) is 35.5 Å². The zero-order valence-corrected chi connectivity index (χ0v) is 17.6. The third-order valence-electron chi connectivity index (χ3n) is 4.69. The predicted octanol–water partition coefficient (Wildman–Crippen LogP) is 5.84. The van der Waals surface area contributed by atoms with Gasteiger partial charge in [0.2, 0.25) is 0 Å². The van der Waals surface area contributed by atoms with Crippen LogP contribution in [-0.4, -0.2) is 22.2 Å². The van der Waals surface area contributed by atoms with Crippen LogP contribution in [0.3, 0.4) is 0 Å². The summed E-state index contributed by atoms with van der Waals surface area (Å²) in [6.45, 7) is 1.38. The molecule has 1 aromatic heterocycles. The van der Waals surface area contributed by atoms with Crippen LogP contribution >= 0.6 is 34.5 Å². The Morgan fingerprint density at radius 1 is 1.24 bits per heavy atom. The van der Waals surface area contributed by atoms with Crippen molar-refractivity contribution in [1.82, 2.24) is 4.57 Å². The zero-order chi connectivity index (χ0) is 20.4. The van der Waals surface area contributed by atoms with Gasteiger partial charge in [-0.1, -0.05) is 35.3 Å². The van der Waals surface area contributed by atoms with Crippen LogP contribution in [0, 0.1) is 10.1 Å². The van der Waals surface area contributed by atoms with E-state index in [4.69, 9.17) is 32.9 Å². The van der Waals surface area contributed by atoms with Crippen LogP contribution in [-0.2, 0) is 11.3 Å². The first-order valence-electron chi connectivity index (χ1n) is 9.06. The molecule has 1 unspecified atom stereocenters. The van der Waals surface area contributed by atoms with Crippen LogP contribution in [0.25, 0.3) is 11.3 Å². The van der Waals surface area contributed by atoms with Gasteiger partial charge in [-0.2, -0.15) is 0 Å². The molecule has 9 heteroatoms. The molecule has 1 fully saturated rings. The summed E-state index contributed by atoms with van der Waals surface area (Å²) in [5, 5.41) is 14.1. The Balaban J connectivity index is 1.81. The van der Waals surface area contributed by atoms with Gasteiger partial charge >= 0.3 is 0 Å². The Bertz CT molecular complexity index is 1120. The van der Waals surface area contributed by atoms with Crippen molar-refractivity contribution in [3.05, 3.63) is 72.8 Å². The molecule has 29 heavy (non-hydrogen) atoms. The lowest BCUT2D eigenvalue weighted by Crippen LogP contribution is -2.24. The minimum Gasteiger partial charge on any atom is -0.376 e. The highest BCUT2D eigenvalue weighted by Gasteiger charge is 2.20. The number of halogens is 2. The summed E-state index contributed by atoms with van der Waals surface area (Å²) < 4.78 is 7.87. The standard InChI is InChI=1S/C20H17Cl2N3O3S/c21-17-7-6-14(10-18(17)22)23-20-24(11-16-5-2-8-28-16)19(12-29-20)13-3-1-4-15(9-13)25(26)27/h1,3-4,6-7,9-10,12,16H,2,5,8,11H2. The number of rotatable bonds is 5. The first-order valence-corrected chi connectivity index (χ1v) is 10.7. The Labute approximate surface area is 181 Å². The summed E-state index contributed by atoms with van der Waals surface area (Å²) in [5.41, 5.74) is 2.38. The van der Waals surface area contributed by atoms with Crippen LogP contribution in [0.4, 0.5) is 11.4 Å². The van der Waals surface area contributed by atoms with E-state index in [1.807, 2.05) is 11.4 Å². The fourth-order valence-electron chi connectivity index (χ4n) is 3.26. The molecule has 0 bridgehead atoms. The van der Waals surface area contributed by atoms with E-state index >= 15 is 0 Å². The van der Waals surface area contributed by atoms with Crippen LogP contribution in [0.5, 0.6) is 0 Å². The van der Waals surface area contributed by atoms with Gasteiger partial charge in [-0.25, -0.2) is 4.99 Å². The Kier molecular flexibility index (Phi) is 6.01. The molecule has 3 aromatic rings. The summed E-state index contributed by atoms with van der Waals surface area (Å²) in [4.78, 5) is 16.3. The second-order valence-corrected chi connectivity index (χ2v) is 8.32. The SMILES string of the molecule is O=[N+]([O-])c1cccc(-c2csc(=Nc3ccc(Cl)c(Cl)c3)n2CC2CCCO2)c1. The number of aromatic nitrogens is 1. The number of hydrogen-bond acceptors (Lipinski definition) is 5. The number of nitro benzene ring substituents is 1. The topological polar surface area (TPSA) is 69.7 Å². The number of thiazole rings is 1. The van der Waals surface area contributed by atoms with Gasteiger partial charge in [-0.15, -0.1) is 11.3 Å². The zero-order valence-electron chi connectivity index (χ0n) is 15.3. The van der Waals surface area contributed by atoms with Crippen molar-refractivity contribution in [1.29, 1.82) is 0 Å². The molecule has 0 N–H and O–H groups in total. The van der Waals surface area contributed by atoms with Crippen LogP contribution in [0.2, 0.25) is 10.0 Å². The molecule has 1 aliphatic rings. The van der Waals surface area contributed by atoms with Crippen LogP contribution in [0.15, 0.2) is 52.8 Å². The van der Waals surface area contributed by atoms with E-state index in [-0.39, 0.29) is 16.7 Å². The highest BCUT2D eigenvalue weighted by molar-refractivity contribution is 7.07. The van der Waals surface area contributed by atoms with Gasteiger partial charge in [0.15, 0.2) is 4.80 Å². The third kappa shape index (κ3) is 4.53. The fraction of sp³-hybridized carbons (Fsp3) is 0.250. The van der Waals surface area contributed by atoms with Crippen molar-refractivity contribution < 1.29 is 9.66 Å². The quantitative estimate of drug-likeness (QED) is 0.362. The average molecular weight is 450 g/mol. The Hall–Kier alpha value is -2.19. The van der Waals surface area contributed by atoms with E-state index in [1.165, 1.54) is 17.4 Å². The molecule has 1 aliphatic heterocycles. The monoisotopic (exact) mass is 449 g/mol. The van der Waals surface area contributed by atoms with Crippen molar-refractivity contribution >= 4 is 45.9 Å². The normalized spacial score (nSPS) is 17.0. The predicted molar refractivity (Wildman–Crippen MR) is 115 cm³/mol. The molecular weight excluding hydrogens is 433 g/mol. The number of non-ortho nitro benzene ring substituents is 1. The maximum atomic E-state index is 11.2. The third-order valence-corrected chi connectivity index (χ3v) is 6.29. The lowest BCUT2D eigenvalue weighted by atomic mass is 10.1. The number of ether oxygens (including phenoxy) is 1. The summed E-state index contributed by atoms with van der Waals surface area (Å²) in [6.07, 6.45) is 2.10. The molecule has 2 aromatic carbocycles. The van der Waals surface area contributed by atoms with Crippen molar-refractivity contribution in [2.24, 2.45) is 4.99 Å². The van der Waals surface area contributed by atoms with E-state index in [0.29, 0.717) is 22.3 Å². The number of nitrogens with zero attached hydrogens (tertiary/aromatic N) is 3. The van der Waals surface area contributed by atoms with Crippen LogP contribution in [0.1, 0.15) is 12.8 Å². The summed E-state index contributed by atoms with van der Waals surface area (Å²) in [7, 11) is 0. The molecule has 0 saturated carbocycles. The van der Waals surface area contributed by atoms with Gasteiger partial charge < -0.3 is 9.30 Å². The molecule has 6 nitrogen and oxygen atoms in total. The Morgan fingerprint density at radius 3 is 2.83 bits per heavy atom. The minimum atomic E-state index is -0.388. The smallest absolute Gasteiger partial charge is 0.270 e. The first kappa shape index (κ1) is 20.1. The molecule has 0 radical (unpaired) electrons. The largest absolute Gasteiger partial charge is 0.376 e. The molecule has 0 amide bonds. The average Bonchev–Trinajstić information content (AvgIpc) is 3.36. The molecular formula is C20H17Cl2N3O3S. The van der Waals surface area contributed by atoms with Crippen molar-refractivity contribution in [2.75, 3.05) is 6.61 Å². The van der Waals surface area contributed by atoms with Crippen LogP contribution < -0.4 is 4.80 Å². The highest BCUT2D eigenvalue weighted by atomic mass is 35.5. The molecule has 2 heterocycles. The summed E-state index contributed by atoms with van der Waals surface area (Å²) in [6, 6.07) is 11.9. The second-order valence-electron chi connectivity index (χ2n) is 6.67. The van der Waals surface area contributed by atoms with Crippen molar-refractivity contribution in [3.8, 4) is 11.3 Å². The van der Waals surface area contributed by atoms with E-state index in [9.17, 15) is 10.1 Å². The molecule has 0 spiro atoms. The molecule has 1 atom stereocenters. The van der Waals surface area contributed by atoms with E-state index in [1.54, 1.807) is 30.3 Å². The van der Waals surface area contributed by atoms with Gasteiger partial charge in [-0.05, 0) is 31.0 Å². The van der Waals surface area contributed by atoms with Gasteiger partial charge in [0, 0.05) is 29.7 Å². The summed E-state index contributed by atoms with van der Waals surface area (Å²) in [5.74, 6) is 0. The van der Waals surface area contributed by atoms with E-state index in [2.05, 4.69) is 4.57 Å². The fourth-order valence-corrected chi connectivity index (χ4v) is 4.49. The molecule has 4 rings (SSSR count).